The predicted molar refractivity (Wildman–Crippen MR) is 139 cm³/mol. The summed E-state index contributed by atoms with van der Waals surface area (Å²) in [6.07, 6.45) is 9.66. The Bertz CT molecular complexity index is 1250. The monoisotopic (exact) mass is 483 g/mol. The molecule has 0 fully saturated rings. The van der Waals surface area contributed by atoms with E-state index in [1.807, 2.05) is 78.9 Å². The number of nitrogens with zero attached hydrogens (tertiary/aromatic N) is 1. The number of oxime groups is 1. The Balaban J connectivity index is 1.66. The van der Waals surface area contributed by atoms with E-state index in [2.05, 4.69) is 11.2 Å². The number of allylic oxidation sites excluding steroid dienone is 3. The molecule has 3 aromatic carbocycles. The van der Waals surface area contributed by atoms with E-state index >= 15 is 0 Å². The maximum atomic E-state index is 13.3. The van der Waals surface area contributed by atoms with Crippen molar-refractivity contribution >= 4 is 11.7 Å². The number of rotatable bonds is 4. The number of cyclic esters (lactones) is 1. The van der Waals surface area contributed by atoms with Crippen molar-refractivity contribution in [3.8, 4) is 11.5 Å². The number of hydrogen-bond acceptors (Lipinski definition) is 6. The third-order valence-electron chi connectivity index (χ3n) is 5.76. The van der Waals surface area contributed by atoms with E-state index in [1.165, 1.54) is 6.07 Å². The van der Waals surface area contributed by atoms with Crippen molar-refractivity contribution in [1.29, 1.82) is 0 Å². The van der Waals surface area contributed by atoms with E-state index in [1.54, 1.807) is 0 Å². The fourth-order valence-electron chi connectivity index (χ4n) is 3.98. The highest BCUT2D eigenvalue weighted by Crippen LogP contribution is 2.32. The number of fused-ring (bicyclic) bond motifs is 1. The van der Waals surface area contributed by atoms with E-state index in [0.29, 0.717) is 24.3 Å². The lowest BCUT2D eigenvalue weighted by atomic mass is 9.99. The summed E-state index contributed by atoms with van der Waals surface area (Å²) in [6.45, 7) is 0.292. The smallest absolute Gasteiger partial charge is 0.342 e. The van der Waals surface area contributed by atoms with Gasteiger partial charge in [-0.1, -0.05) is 84.0 Å². The topological polar surface area (TPSA) is 88.4 Å². The Labute approximate surface area is 210 Å². The van der Waals surface area contributed by atoms with Gasteiger partial charge in [-0.05, 0) is 41.7 Å². The minimum atomic E-state index is -0.671. The van der Waals surface area contributed by atoms with Crippen molar-refractivity contribution < 1.29 is 24.6 Å². The largest absolute Gasteiger partial charge is 0.508 e. The van der Waals surface area contributed by atoms with Crippen LogP contribution in [-0.4, -0.2) is 21.9 Å². The van der Waals surface area contributed by atoms with Gasteiger partial charge in [0.15, 0.2) is 0 Å². The Hall–Kier alpha value is -4.32. The van der Waals surface area contributed by atoms with Crippen LogP contribution in [0.25, 0.3) is 0 Å². The predicted octanol–water partition coefficient (Wildman–Crippen LogP) is 6.41. The molecule has 36 heavy (non-hydrogen) atoms. The van der Waals surface area contributed by atoms with Crippen LogP contribution in [0.5, 0.6) is 11.5 Å². The first-order chi connectivity index (χ1) is 17.6. The molecule has 184 valence electrons. The average Bonchev–Trinajstić information content (AvgIpc) is 2.87. The minimum Gasteiger partial charge on any atom is -0.508 e. The highest BCUT2D eigenvalue weighted by molar-refractivity contribution is 6.00. The van der Waals surface area contributed by atoms with Crippen molar-refractivity contribution in [3.63, 3.8) is 0 Å². The molecular formula is C30H29NO5. The number of esters is 1. The maximum Gasteiger partial charge on any atom is 0.342 e. The number of ether oxygens (including phenoxy) is 1. The number of carbonyl (C=O) groups is 1. The molecule has 0 amide bonds. The molecule has 1 heterocycles. The lowest BCUT2D eigenvalue weighted by Gasteiger charge is -2.19. The second-order valence-corrected chi connectivity index (χ2v) is 8.51. The third kappa shape index (κ3) is 6.85. The summed E-state index contributed by atoms with van der Waals surface area (Å²) in [5, 5.41) is 25.1. The average molecular weight is 484 g/mol. The quantitative estimate of drug-likeness (QED) is 0.254. The first kappa shape index (κ1) is 24.8. The molecule has 0 unspecified atom stereocenters. The van der Waals surface area contributed by atoms with Crippen LogP contribution in [0.3, 0.4) is 0 Å². The van der Waals surface area contributed by atoms with E-state index in [9.17, 15) is 15.0 Å². The summed E-state index contributed by atoms with van der Waals surface area (Å²) < 4.78 is 5.88. The molecule has 4 rings (SSSR count). The van der Waals surface area contributed by atoms with Gasteiger partial charge in [0.1, 0.15) is 29.8 Å². The minimum absolute atomic E-state index is 0.000991. The molecule has 3 aromatic rings. The van der Waals surface area contributed by atoms with Gasteiger partial charge >= 0.3 is 5.97 Å². The Morgan fingerprint density at radius 2 is 1.64 bits per heavy atom. The fraction of sp³-hybridized carbons (Fsp3) is 0.200. The number of hydrogen-bond donors (Lipinski definition) is 2. The van der Waals surface area contributed by atoms with Gasteiger partial charge in [-0.2, -0.15) is 0 Å². The summed E-state index contributed by atoms with van der Waals surface area (Å²) in [4.78, 5) is 18.9. The second-order valence-electron chi connectivity index (χ2n) is 8.51. The normalized spacial score (nSPS) is 19.5. The van der Waals surface area contributed by atoms with Crippen LogP contribution in [0.15, 0.2) is 102 Å². The summed E-state index contributed by atoms with van der Waals surface area (Å²) in [6, 6.07) is 21.8. The molecule has 0 aromatic heterocycles. The Morgan fingerprint density at radius 3 is 2.42 bits per heavy atom. The van der Waals surface area contributed by atoms with Gasteiger partial charge in [0, 0.05) is 18.9 Å². The summed E-state index contributed by atoms with van der Waals surface area (Å²) in [7, 11) is 0. The molecule has 0 radical (unpaired) electrons. The molecule has 0 bridgehead atoms. The van der Waals surface area contributed by atoms with Gasteiger partial charge < -0.3 is 19.8 Å². The zero-order valence-corrected chi connectivity index (χ0v) is 19.9. The molecule has 1 atom stereocenters. The molecule has 0 spiro atoms. The van der Waals surface area contributed by atoms with Gasteiger partial charge in [-0.3, -0.25) is 0 Å². The molecule has 6 heteroatoms. The molecule has 2 N–H and O–H groups in total. The summed E-state index contributed by atoms with van der Waals surface area (Å²) >= 11 is 0. The molecule has 0 saturated heterocycles. The van der Waals surface area contributed by atoms with Gasteiger partial charge in [0.05, 0.1) is 5.71 Å². The first-order valence-electron chi connectivity index (χ1n) is 11.9. The maximum absolute atomic E-state index is 13.3. The first-order valence-corrected chi connectivity index (χ1v) is 11.9. The van der Waals surface area contributed by atoms with Crippen LogP contribution in [0.1, 0.15) is 52.4 Å². The van der Waals surface area contributed by atoms with E-state index < -0.39 is 12.1 Å². The number of phenols is 2. The number of phenolic OH excluding ortho intramolecular Hbond substituents is 2. The van der Waals surface area contributed by atoms with Gasteiger partial charge in [-0.25, -0.2) is 4.79 Å². The van der Waals surface area contributed by atoms with E-state index in [-0.39, 0.29) is 23.5 Å². The molecule has 6 nitrogen and oxygen atoms in total. The van der Waals surface area contributed by atoms with Crippen molar-refractivity contribution in [2.24, 2.45) is 5.16 Å². The van der Waals surface area contributed by atoms with Crippen LogP contribution in [0.4, 0.5) is 0 Å². The zero-order chi connectivity index (χ0) is 25.2. The van der Waals surface area contributed by atoms with Crippen LogP contribution < -0.4 is 0 Å². The van der Waals surface area contributed by atoms with Crippen LogP contribution in [0.2, 0.25) is 0 Å². The number of benzene rings is 3. The molecule has 1 aliphatic heterocycles. The SMILES string of the molecule is O=C1O[C@@H](c2ccccc2)C/C=C/CC/C=C/C(=N\OCc2ccccc2)Cc2cc(O)cc(O)c21. The zero-order valence-electron chi connectivity index (χ0n) is 19.9. The van der Waals surface area contributed by atoms with Gasteiger partial charge in [0.2, 0.25) is 0 Å². The molecule has 0 aliphatic carbocycles. The number of carbonyl (C=O) groups excluding carboxylic acids is 1. The third-order valence-corrected chi connectivity index (χ3v) is 5.76. The van der Waals surface area contributed by atoms with Crippen LogP contribution in [-0.2, 0) is 22.6 Å². The molecule has 0 saturated carbocycles. The van der Waals surface area contributed by atoms with Gasteiger partial charge in [-0.15, -0.1) is 0 Å². The second kappa shape index (κ2) is 12.4. The van der Waals surface area contributed by atoms with Crippen molar-refractivity contribution in [1.82, 2.24) is 0 Å². The van der Waals surface area contributed by atoms with E-state index in [4.69, 9.17) is 9.57 Å². The van der Waals surface area contributed by atoms with Crippen molar-refractivity contribution in [2.45, 2.75) is 38.4 Å². The Morgan fingerprint density at radius 1 is 0.917 bits per heavy atom. The summed E-state index contributed by atoms with van der Waals surface area (Å²) in [5.41, 5.74) is 2.77. The standard InChI is InChI=1S/C30H29NO5/c32-26-19-24-18-25(31-35-21-22-12-6-4-7-13-22)16-10-2-1-3-11-17-28(23-14-8-5-9-15-23)36-30(34)29(24)27(33)20-26/h3-16,19-20,28,32-33H,1-2,17-18,21H2/b11-3+,16-10+,31-25+/t28-/m1/s1. The Kier molecular flexibility index (Phi) is 8.54. The highest BCUT2D eigenvalue weighted by Gasteiger charge is 2.24. The molecule has 1 aliphatic rings. The summed E-state index contributed by atoms with van der Waals surface area (Å²) in [5.74, 6) is -1.18. The van der Waals surface area contributed by atoms with Gasteiger partial charge in [0.25, 0.3) is 0 Å². The number of aromatic hydroxyl groups is 2. The van der Waals surface area contributed by atoms with E-state index in [0.717, 1.165) is 30.0 Å². The van der Waals surface area contributed by atoms with Crippen molar-refractivity contribution in [3.05, 3.63) is 119 Å². The lowest BCUT2D eigenvalue weighted by Crippen LogP contribution is -2.15. The van der Waals surface area contributed by atoms with Crippen molar-refractivity contribution in [2.75, 3.05) is 0 Å². The van der Waals surface area contributed by atoms with Crippen LogP contribution in [0, 0.1) is 0 Å². The van der Waals surface area contributed by atoms with Crippen LogP contribution >= 0.6 is 0 Å². The molecular weight excluding hydrogens is 454 g/mol. The lowest BCUT2D eigenvalue weighted by molar-refractivity contribution is 0.0299. The highest BCUT2D eigenvalue weighted by atomic mass is 16.6. The fourth-order valence-corrected chi connectivity index (χ4v) is 3.98.